The Labute approximate surface area is 97.0 Å². The van der Waals surface area contributed by atoms with Gasteiger partial charge in [-0.15, -0.1) is 0 Å². The fraction of sp³-hybridized carbons (Fsp3) is 0.167. The van der Waals surface area contributed by atoms with E-state index < -0.39 is 11.4 Å². The lowest BCUT2D eigenvalue weighted by Gasteiger charge is -2.08. The minimum atomic E-state index is -0.516. The molecule has 0 unspecified atom stereocenters. The van der Waals surface area contributed by atoms with Crippen LogP contribution in [-0.2, 0) is 6.61 Å². The van der Waals surface area contributed by atoms with E-state index in [1.54, 1.807) is 19.1 Å². The monoisotopic (exact) mass is 234 g/mol. The molecule has 0 spiro atoms. The lowest BCUT2D eigenvalue weighted by Crippen LogP contribution is -2.23. The van der Waals surface area contributed by atoms with E-state index in [1.165, 1.54) is 18.2 Å². The third-order valence-corrected chi connectivity index (χ3v) is 2.47. The lowest BCUT2D eigenvalue weighted by molar-refractivity contribution is 0.279. The van der Waals surface area contributed by atoms with Crippen molar-refractivity contribution >= 4 is 0 Å². The second kappa shape index (κ2) is 4.47. The maximum absolute atomic E-state index is 13.5. The number of aryl methyl sites for hydroxylation is 1. The molecule has 0 atom stereocenters. The Morgan fingerprint density at radius 1 is 1.41 bits per heavy atom. The van der Waals surface area contributed by atoms with Crippen LogP contribution < -0.4 is 5.56 Å². The summed E-state index contributed by atoms with van der Waals surface area (Å²) in [7, 11) is 0. The number of hydrogen-bond donors (Lipinski definition) is 1. The minimum Gasteiger partial charge on any atom is -0.392 e. The first-order valence-electron chi connectivity index (χ1n) is 5.09. The highest BCUT2D eigenvalue weighted by molar-refractivity contribution is 5.33. The van der Waals surface area contributed by atoms with Crippen LogP contribution in [-0.4, -0.2) is 14.9 Å². The molecule has 0 aliphatic heterocycles. The summed E-state index contributed by atoms with van der Waals surface area (Å²) in [6, 6.07) is 7.16. The smallest absolute Gasteiger partial charge is 0.271 e. The Morgan fingerprint density at radius 3 is 2.76 bits per heavy atom. The fourth-order valence-corrected chi connectivity index (χ4v) is 1.53. The van der Waals surface area contributed by atoms with Crippen molar-refractivity contribution in [2.45, 2.75) is 13.5 Å². The zero-order valence-electron chi connectivity index (χ0n) is 9.22. The number of rotatable bonds is 2. The Kier molecular flexibility index (Phi) is 3.01. The summed E-state index contributed by atoms with van der Waals surface area (Å²) in [4.78, 5) is 11.7. The van der Waals surface area contributed by atoms with Gasteiger partial charge < -0.3 is 5.11 Å². The van der Waals surface area contributed by atoms with Gasteiger partial charge in [0.2, 0.25) is 0 Å². The van der Waals surface area contributed by atoms with E-state index in [1.807, 2.05) is 0 Å². The van der Waals surface area contributed by atoms with Crippen LogP contribution >= 0.6 is 0 Å². The number of aliphatic hydroxyl groups is 1. The van der Waals surface area contributed by atoms with E-state index in [4.69, 9.17) is 5.11 Å². The van der Waals surface area contributed by atoms with Crippen molar-refractivity contribution in [3.63, 3.8) is 0 Å². The number of aromatic nitrogens is 2. The number of benzene rings is 1. The molecule has 0 aliphatic rings. The van der Waals surface area contributed by atoms with Gasteiger partial charge in [0.1, 0.15) is 11.5 Å². The second-order valence-electron chi connectivity index (χ2n) is 3.61. The summed E-state index contributed by atoms with van der Waals surface area (Å²) in [5.41, 5.74) is 0.577. The van der Waals surface area contributed by atoms with Crippen LogP contribution in [0.5, 0.6) is 0 Å². The number of hydrogen-bond acceptors (Lipinski definition) is 3. The number of nitrogens with zero attached hydrogens (tertiary/aromatic N) is 2. The van der Waals surface area contributed by atoms with Crippen LogP contribution in [0.25, 0.3) is 5.69 Å². The topological polar surface area (TPSA) is 55.1 Å². The van der Waals surface area contributed by atoms with Gasteiger partial charge in [0, 0.05) is 11.6 Å². The number of halogens is 1. The van der Waals surface area contributed by atoms with Gasteiger partial charge in [0.15, 0.2) is 0 Å². The normalized spacial score (nSPS) is 10.5. The molecule has 88 valence electrons. The molecule has 2 rings (SSSR count). The molecule has 5 heteroatoms. The highest BCUT2D eigenvalue weighted by atomic mass is 19.1. The summed E-state index contributed by atoms with van der Waals surface area (Å²) in [5.74, 6) is -0.516. The van der Waals surface area contributed by atoms with Crippen LogP contribution in [0.15, 0.2) is 35.1 Å². The molecule has 0 amide bonds. The van der Waals surface area contributed by atoms with Crippen LogP contribution in [0, 0.1) is 12.7 Å². The van der Waals surface area contributed by atoms with Gasteiger partial charge in [0.05, 0.1) is 12.3 Å². The molecule has 17 heavy (non-hydrogen) atoms. The summed E-state index contributed by atoms with van der Waals surface area (Å²) in [6.07, 6.45) is 0. The maximum atomic E-state index is 13.5. The van der Waals surface area contributed by atoms with E-state index in [0.29, 0.717) is 11.3 Å². The summed E-state index contributed by atoms with van der Waals surface area (Å²) in [5, 5.41) is 13.0. The molecule has 0 saturated carbocycles. The van der Waals surface area contributed by atoms with Crippen molar-refractivity contribution < 1.29 is 9.50 Å². The molecule has 0 radical (unpaired) electrons. The Hall–Kier alpha value is -2.01. The number of para-hydroxylation sites is 1. The van der Waals surface area contributed by atoms with E-state index >= 15 is 0 Å². The quantitative estimate of drug-likeness (QED) is 0.848. The average molecular weight is 234 g/mol. The zero-order valence-corrected chi connectivity index (χ0v) is 9.22. The van der Waals surface area contributed by atoms with Crippen LogP contribution in [0.3, 0.4) is 0 Å². The van der Waals surface area contributed by atoms with E-state index in [9.17, 15) is 9.18 Å². The highest BCUT2D eigenvalue weighted by Gasteiger charge is 2.09. The largest absolute Gasteiger partial charge is 0.392 e. The Morgan fingerprint density at radius 2 is 2.12 bits per heavy atom. The van der Waals surface area contributed by atoms with Gasteiger partial charge in [-0.1, -0.05) is 12.1 Å². The Balaban J connectivity index is 2.66. The first-order valence-corrected chi connectivity index (χ1v) is 5.09. The molecule has 0 fully saturated rings. The van der Waals surface area contributed by atoms with E-state index in [2.05, 4.69) is 5.10 Å². The summed E-state index contributed by atoms with van der Waals surface area (Å²) >= 11 is 0. The SMILES string of the molecule is Cc1nn(-c2ccccc2F)c(=O)cc1CO. The van der Waals surface area contributed by atoms with Gasteiger partial charge in [0.25, 0.3) is 5.56 Å². The molecular weight excluding hydrogens is 223 g/mol. The summed E-state index contributed by atoms with van der Waals surface area (Å²) in [6.45, 7) is 1.40. The van der Waals surface area contributed by atoms with Crippen LogP contribution in [0.2, 0.25) is 0 Å². The minimum absolute atomic E-state index is 0.102. The molecule has 1 aromatic heterocycles. The Bertz CT molecular complexity index is 608. The van der Waals surface area contributed by atoms with E-state index in [-0.39, 0.29) is 12.3 Å². The van der Waals surface area contributed by atoms with Crippen LogP contribution in [0.1, 0.15) is 11.3 Å². The first kappa shape index (κ1) is 11.5. The third kappa shape index (κ3) is 2.09. The average Bonchev–Trinajstić information content (AvgIpc) is 2.32. The van der Waals surface area contributed by atoms with E-state index in [0.717, 1.165) is 4.68 Å². The molecular formula is C12H11FN2O2. The molecule has 4 nitrogen and oxygen atoms in total. The molecule has 1 N–H and O–H groups in total. The maximum Gasteiger partial charge on any atom is 0.271 e. The second-order valence-corrected chi connectivity index (χ2v) is 3.61. The zero-order chi connectivity index (χ0) is 12.4. The molecule has 0 bridgehead atoms. The van der Waals surface area contributed by atoms with Crippen molar-refractivity contribution in [1.29, 1.82) is 0 Å². The van der Waals surface area contributed by atoms with Crippen molar-refractivity contribution in [1.82, 2.24) is 9.78 Å². The van der Waals surface area contributed by atoms with Gasteiger partial charge in [-0.05, 0) is 19.1 Å². The third-order valence-electron chi connectivity index (χ3n) is 2.47. The molecule has 1 aromatic carbocycles. The molecule has 2 aromatic rings. The predicted molar refractivity (Wildman–Crippen MR) is 60.5 cm³/mol. The summed E-state index contributed by atoms with van der Waals surface area (Å²) < 4.78 is 14.5. The molecule has 0 saturated heterocycles. The van der Waals surface area contributed by atoms with Crippen LogP contribution in [0.4, 0.5) is 4.39 Å². The molecule has 1 heterocycles. The predicted octanol–water partition coefficient (Wildman–Crippen LogP) is 1.17. The van der Waals surface area contributed by atoms with Gasteiger partial charge in [-0.2, -0.15) is 9.78 Å². The van der Waals surface area contributed by atoms with Crippen molar-refractivity contribution in [2.75, 3.05) is 0 Å². The standard InChI is InChI=1S/C12H11FN2O2/c1-8-9(7-16)6-12(17)15(14-8)11-5-3-2-4-10(11)13/h2-6,16H,7H2,1H3. The number of aliphatic hydroxyl groups excluding tert-OH is 1. The van der Waals surface area contributed by atoms with Gasteiger partial charge in [-0.3, -0.25) is 4.79 Å². The van der Waals surface area contributed by atoms with Crippen molar-refractivity contribution in [3.05, 3.63) is 57.8 Å². The lowest BCUT2D eigenvalue weighted by atomic mass is 10.2. The molecule has 0 aliphatic carbocycles. The first-order chi connectivity index (χ1) is 8.13. The van der Waals surface area contributed by atoms with Gasteiger partial charge in [-0.25, -0.2) is 4.39 Å². The van der Waals surface area contributed by atoms with Crippen molar-refractivity contribution in [2.24, 2.45) is 0 Å². The van der Waals surface area contributed by atoms with Crippen molar-refractivity contribution in [3.8, 4) is 5.69 Å². The highest BCUT2D eigenvalue weighted by Crippen LogP contribution is 2.10. The van der Waals surface area contributed by atoms with Gasteiger partial charge >= 0.3 is 0 Å². The fourth-order valence-electron chi connectivity index (χ4n) is 1.53.